The van der Waals surface area contributed by atoms with Crippen molar-refractivity contribution in [2.45, 2.75) is 117 Å². The van der Waals surface area contributed by atoms with Crippen molar-refractivity contribution in [3.63, 3.8) is 0 Å². The van der Waals surface area contributed by atoms with Gasteiger partial charge < -0.3 is 20.9 Å². The third-order valence-corrected chi connectivity index (χ3v) is 6.24. The quantitative estimate of drug-likeness (QED) is 0.161. The van der Waals surface area contributed by atoms with Crippen LogP contribution in [0.4, 0.5) is 0 Å². The van der Waals surface area contributed by atoms with Gasteiger partial charge in [-0.3, -0.25) is 0 Å². The van der Waals surface area contributed by atoms with Gasteiger partial charge in [-0.2, -0.15) is 0 Å². The van der Waals surface area contributed by atoms with E-state index in [1.165, 1.54) is 142 Å². The summed E-state index contributed by atoms with van der Waals surface area (Å²) in [6.45, 7) is 17.4. The highest BCUT2D eigenvalue weighted by Gasteiger charge is 2.07. The first-order chi connectivity index (χ1) is 15.3. The Labute approximate surface area is 197 Å². The minimum Gasteiger partial charge on any atom is -0.330 e. The van der Waals surface area contributed by atoms with E-state index < -0.39 is 0 Å². The number of nitrogens with zero attached hydrogens (tertiary/aromatic N) is 2. The van der Waals surface area contributed by atoms with Gasteiger partial charge in [0, 0.05) is 0 Å². The number of hydrogen-bond acceptors (Lipinski definition) is 4. The van der Waals surface area contributed by atoms with Crippen LogP contribution in [0, 0.1) is 0 Å². The van der Waals surface area contributed by atoms with Gasteiger partial charge in [-0.15, -0.1) is 0 Å². The van der Waals surface area contributed by atoms with Gasteiger partial charge in [-0.1, -0.05) is 78.6 Å². The molecule has 0 heterocycles. The molecule has 0 saturated carbocycles. The first-order valence-corrected chi connectivity index (χ1v) is 14.1. The highest BCUT2D eigenvalue weighted by Crippen LogP contribution is 2.10. The van der Waals surface area contributed by atoms with E-state index in [1.807, 2.05) is 0 Å². The molecular formula is C27H60N4. The van der Waals surface area contributed by atoms with Gasteiger partial charge in [-0.05, 0) is 97.4 Å². The molecule has 188 valence electrons. The second-order valence-electron chi connectivity index (χ2n) is 9.46. The van der Waals surface area contributed by atoms with E-state index >= 15 is 0 Å². The van der Waals surface area contributed by atoms with Crippen molar-refractivity contribution < 1.29 is 0 Å². The monoisotopic (exact) mass is 440 g/mol. The molecule has 0 rings (SSSR count). The fraction of sp³-hybridized carbons (Fsp3) is 1.00. The van der Waals surface area contributed by atoms with E-state index in [2.05, 4.69) is 35.9 Å². The Morgan fingerprint density at radius 3 is 1.42 bits per heavy atom. The van der Waals surface area contributed by atoms with E-state index in [9.17, 15) is 0 Å². The van der Waals surface area contributed by atoms with E-state index in [0.29, 0.717) is 0 Å². The Morgan fingerprint density at radius 1 is 0.452 bits per heavy atom. The predicted octanol–water partition coefficient (Wildman–Crippen LogP) is 6.05. The molecule has 0 fully saturated rings. The molecule has 4 heteroatoms. The van der Waals surface area contributed by atoms with Gasteiger partial charge in [0.25, 0.3) is 0 Å². The minimum atomic E-state index is 0.814. The lowest BCUT2D eigenvalue weighted by atomic mass is 10.1. The fourth-order valence-electron chi connectivity index (χ4n) is 4.43. The fourth-order valence-corrected chi connectivity index (χ4v) is 4.43. The predicted molar refractivity (Wildman–Crippen MR) is 141 cm³/mol. The van der Waals surface area contributed by atoms with Gasteiger partial charge in [0.1, 0.15) is 0 Å². The van der Waals surface area contributed by atoms with Crippen molar-refractivity contribution in [3.8, 4) is 0 Å². The summed E-state index contributed by atoms with van der Waals surface area (Å²) in [7, 11) is 0. The largest absolute Gasteiger partial charge is 0.330 e. The molecule has 0 aromatic rings. The Balaban J connectivity index is 3.59. The van der Waals surface area contributed by atoms with Crippen LogP contribution in [0.3, 0.4) is 0 Å². The van der Waals surface area contributed by atoms with Gasteiger partial charge in [0.05, 0.1) is 0 Å². The first-order valence-electron chi connectivity index (χ1n) is 14.1. The molecule has 0 saturated heterocycles. The summed E-state index contributed by atoms with van der Waals surface area (Å²) in [6, 6.07) is 0. The average molecular weight is 441 g/mol. The SMILES string of the molecule is CCCCCCCCCCCCNCCCN(CCC)CCCN(CCC)CCCN. The topological polar surface area (TPSA) is 44.5 Å². The normalized spacial score (nSPS) is 11.8. The lowest BCUT2D eigenvalue weighted by Crippen LogP contribution is -2.33. The molecule has 0 atom stereocenters. The van der Waals surface area contributed by atoms with Crippen LogP contribution in [0.2, 0.25) is 0 Å². The van der Waals surface area contributed by atoms with Gasteiger partial charge in [0.2, 0.25) is 0 Å². The highest BCUT2D eigenvalue weighted by atomic mass is 15.1. The molecular weight excluding hydrogens is 380 g/mol. The van der Waals surface area contributed by atoms with Crippen LogP contribution in [0.5, 0.6) is 0 Å². The zero-order valence-electron chi connectivity index (χ0n) is 21.9. The van der Waals surface area contributed by atoms with E-state index in [1.54, 1.807) is 0 Å². The van der Waals surface area contributed by atoms with Crippen molar-refractivity contribution in [2.24, 2.45) is 5.73 Å². The second kappa shape index (κ2) is 26.1. The van der Waals surface area contributed by atoms with E-state index in [4.69, 9.17) is 5.73 Å². The third kappa shape index (κ3) is 22.8. The Bertz CT molecular complexity index is 324. The molecule has 0 aliphatic carbocycles. The zero-order valence-corrected chi connectivity index (χ0v) is 21.9. The molecule has 0 amide bonds. The number of nitrogens with one attached hydrogen (secondary N) is 1. The zero-order chi connectivity index (χ0) is 22.8. The number of rotatable bonds is 26. The lowest BCUT2D eigenvalue weighted by Gasteiger charge is -2.25. The van der Waals surface area contributed by atoms with E-state index in [-0.39, 0.29) is 0 Å². The van der Waals surface area contributed by atoms with Crippen LogP contribution in [-0.4, -0.2) is 68.7 Å². The summed E-state index contributed by atoms with van der Waals surface area (Å²) in [4.78, 5) is 5.28. The summed E-state index contributed by atoms with van der Waals surface area (Å²) in [5, 5.41) is 3.68. The molecule has 0 radical (unpaired) electrons. The van der Waals surface area contributed by atoms with Gasteiger partial charge in [-0.25, -0.2) is 0 Å². The molecule has 4 nitrogen and oxygen atoms in total. The maximum Gasteiger partial charge on any atom is -0.000654 e. The van der Waals surface area contributed by atoms with Crippen LogP contribution in [-0.2, 0) is 0 Å². The van der Waals surface area contributed by atoms with Crippen LogP contribution >= 0.6 is 0 Å². The van der Waals surface area contributed by atoms with Crippen LogP contribution < -0.4 is 11.1 Å². The Morgan fingerprint density at radius 2 is 0.903 bits per heavy atom. The molecule has 0 aliphatic rings. The number of nitrogens with two attached hydrogens (primary N) is 1. The van der Waals surface area contributed by atoms with Crippen molar-refractivity contribution in [1.82, 2.24) is 15.1 Å². The van der Waals surface area contributed by atoms with Gasteiger partial charge in [0.15, 0.2) is 0 Å². The Kier molecular flexibility index (Phi) is 26.0. The third-order valence-electron chi connectivity index (χ3n) is 6.24. The molecule has 0 aliphatic heterocycles. The summed E-state index contributed by atoms with van der Waals surface area (Å²) in [5.41, 5.74) is 5.69. The van der Waals surface area contributed by atoms with Crippen LogP contribution in [0.25, 0.3) is 0 Å². The molecule has 3 N–H and O–H groups in total. The molecule has 0 unspecified atom stereocenters. The average Bonchev–Trinajstić information content (AvgIpc) is 2.77. The summed E-state index contributed by atoms with van der Waals surface area (Å²) < 4.78 is 0. The minimum absolute atomic E-state index is 0.814. The van der Waals surface area contributed by atoms with Crippen molar-refractivity contribution in [1.29, 1.82) is 0 Å². The molecule has 0 spiro atoms. The molecule has 0 bridgehead atoms. The summed E-state index contributed by atoms with van der Waals surface area (Å²) in [6.07, 6.45) is 20.4. The molecule has 31 heavy (non-hydrogen) atoms. The van der Waals surface area contributed by atoms with Crippen molar-refractivity contribution in [2.75, 3.05) is 58.9 Å². The molecule has 0 aromatic heterocycles. The Hall–Kier alpha value is -0.160. The number of hydrogen-bond donors (Lipinski definition) is 2. The van der Waals surface area contributed by atoms with Crippen LogP contribution in [0.1, 0.15) is 117 Å². The highest BCUT2D eigenvalue weighted by molar-refractivity contribution is 4.63. The smallest absolute Gasteiger partial charge is 0.000654 e. The van der Waals surface area contributed by atoms with Crippen LogP contribution in [0.15, 0.2) is 0 Å². The van der Waals surface area contributed by atoms with Gasteiger partial charge >= 0.3 is 0 Å². The van der Waals surface area contributed by atoms with E-state index in [0.717, 1.165) is 13.0 Å². The molecule has 0 aromatic carbocycles. The lowest BCUT2D eigenvalue weighted by molar-refractivity contribution is 0.223. The second-order valence-corrected chi connectivity index (χ2v) is 9.46. The first kappa shape index (κ1) is 30.8. The maximum absolute atomic E-state index is 5.69. The summed E-state index contributed by atoms with van der Waals surface area (Å²) in [5.74, 6) is 0. The van der Waals surface area contributed by atoms with Crippen molar-refractivity contribution in [3.05, 3.63) is 0 Å². The summed E-state index contributed by atoms with van der Waals surface area (Å²) >= 11 is 0. The van der Waals surface area contributed by atoms with Crippen molar-refractivity contribution >= 4 is 0 Å². The standard InChI is InChI=1S/C27H60N4/c1-4-7-8-9-10-11-12-13-14-15-20-29-21-17-25-31(23-6-3)27-18-26-30(22-5-2)24-16-19-28/h29H,4-28H2,1-3H3. The maximum atomic E-state index is 5.69. The number of unbranched alkanes of at least 4 members (excludes halogenated alkanes) is 9.